The van der Waals surface area contributed by atoms with Crippen molar-refractivity contribution in [2.45, 2.75) is 71.3 Å². The van der Waals surface area contributed by atoms with E-state index in [-0.39, 0.29) is 0 Å². The van der Waals surface area contributed by atoms with E-state index in [0.717, 1.165) is 25.7 Å². The van der Waals surface area contributed by atoms with Crippen LogP contribution >= 0.6 is 47.8 Å². The molecular weight excluding hydrogens is 428 g/mol. The number of methoxy groups -OCH3 is 1. The summed E-state index contributed by atoms with van der Waals surface area (Å²) in [6.07, 6.45) is 7.90. The van der Waals surface area contributed by atoms with Crippen LogP contribution in [0.3, 0.4) is 0 Å². The highest BCUT2D eigenvalue weighted by molar-refractivity contribution is 9.10. The molecule has 0 aliphatic carbocycles. The molecule has 18 heavy (non-hydrogen) atoms. The minimum Gasteiger partial charge on any atom is -0.380 e. The second kappa shape index (κ2) is 7.39. The first-order valence-corrected chi connectivity index (χ1v) is 9.47. The monoisotopic (exact) mass is 446 g/mol. The van der Waals surface area contributed by atoms with Crippen molar-refractivity contribution in [3.63, 3.8) is 0 Å². The fourth-order valence-corrected chi connectivity index (χ4v) is 4.92. The average Bonchev–Trinajstić information content (AvgIpc) is 2.84. The highest BCUT2D eigenvalue weighted by Crippen LogP contribution is 2.36. The Balaban J connectivity index is 2.03. The summed E-state index contributed by atoms with van der Waals surface area (Å²) in [7, 11) is 1.82. The molecule has 2 bridgehead atoms. The van der Waals surface area contributed by atoms with Gasteiger partial charge in [0.1, 0.15) is 0 Å². The maximum absolute atomic E-state index is 6.17. The smallest absolute Gasteiger partial charge is 0.0705 e. The van der Waals surface area contributed by atoms with E-state index < -0.39 is 0 Å². The van der Waals surface area contributed by atoms with Crippen LogP contribution in [0.2, 0.25) is 0 Å². The maximum atomic E-state index is 6.17. The lowest BCUT2D eigenvalue weighted by Crippen LogP contribution is -2.26. The van der Waals surface area contributed by atoms with E-state index >= 15 is 0 Å². The molecule has 0 saturated carbocycles. The van der Waals surface area contributed by atoms with E-state index in [0.29, 0.717) is 32.8 Å². The first kappa shape index (κ1) is 15.7. The van der Waals surface area contributed by atoms with Crippen molar-refractivity contribution in [1.29, 1.82) is 0 Å². The van der Waals surface area contributed by atoms with Crippen molar-refractivity contribution in [1.82, 2.24) is 0 Å². The Morgan fingerprint density at radius 1 is 0.778 bits per heavy atom. The number of ether oxygens (including phenoxy) is 2. The lowest BCUT2D eigenvalue weighted by atomic mass is 9.99. The van der Waals surface area contributed by atoms with Crippen molar-refractivity contribution in [2.24, 2.45) is 0 Å². The van der Waals surface area contributed by atoms with Crippen molar-refractivity contribution in [2.75, 3.05) is 7.11 Å². The summed E-state index contributed by atoms with van der Waals surface area (Å²) in [5.74, 6) is 0. The molecule has 0 amide bonds. The van der Waals surface area contributed by atoms with Crippen molar-refractivity contribution >= 4 is 47.8 Å². The molecule has 0 N–H and O–H groups in total. The van der Waals surface area contributed by atoms with Gasteiger partial charge in [0.2, 0.25) is 0 Å². The minimum absolute atomic E-state index is 0.307. The van der Waals surface area contributed by atoms with Gasteiger partial charge in [-0.15, -0.1) is 0 Å². The number of alkyl halides is 3. The molecule has 6 atom stereocenters. The van der Waals surface area contributed by atoms with Gasteiger partial charge in [-0.05, 0) is 38.5 Å². The van der Waals surface area contributed by atoms with Gasteiger partial charge in [0.05, 0.1) is 18.3 Å². The Hall–Kier alpha value is 1.36. The number of hydrogen-bond donors (Lipinski definition) is 0. The Labute approximate surface area is 135 Å². The standard InChI is InChI=1S/C13H21Br3O2/c1-17-11-5-4-10(16)13-7-6-12(18-13)9(15)3-2-8(11)14/h8-13H,2-7H2,1H3. The van der Waals surface area contributed by atoms with Gasteiger partial charge >= 0.3 is 0 Å². The molecule has 2 aliphatic heterocycles. The SMILES string of the molecule is COC1CCC(Br)C2CCC(O2)C(Br)CCC1Br. The zero-order valence-electron chi connectivity index (χ0n) is 10.7. The Morgan fingerprint density at radius 3 is 1.83 bits per heavy atom. The first-order valence-electron chi connectivity index (χ1n) is 6.72. The normalized spacial score (nSPS) is 46.7. The number of halogens is 3. The quantitative estimate of drug-likeness (QED) is 0.553. The van der Waals surface area contributed by atoms with Crippen LogP contribution in [0.1, 0.15) is 38.5 Å². The highest BCUT2D eigenvalue weighted by atomic mass is 79.9. The van der Waals surface area contributed by atoms with Crippen LogP contribution in [-0.2, 0) is 9.47 Å². The molecule has 2 rings (SSSR count). The molecule has 2 fully saturated rings. The molecule has 0 aromatic carbocycles. The number of hydrogen-bond acceptors (Lipinski definition) is 2. The Morgan fingerprint density at radius 2 is 1.28 bits per heavy atom. The van der Waals surface area contributed by atoms with Gasteiger partial charge < -0.3 is 9.47 Å². The molecule has 5 heteroatoms. The maximum Gasteiger partial charge on any atom is 0.0705 e. The third-order valence-electron chi connectivity index (χ3n) is 4.04. The summed E-state index contributed by atoms with van der Waals surface area (Å²) in [6, 6.07) is 0. The van der Waals surface area contributed by atoms with Gasteiger partial charge in [0, 0.05) is 21.6 Å². The van der Waals surface area contributed by atoms with Crippen LogP contribution in [0, 0.1) is 0 Å². The van der Waals surface area contributed by atoms with Crippen LogP contribution in [0.25, 0.3) is 0 Å². The van der Waals surface area contributed by atoms with Crippen molar-refractivity contribution in [3.8, 4) is 0 Å². The topological polar surface area (TPSA) is 18.5 Å². The largest absolute Gasteiger partial charge is 0.380 e. The lowest BCUT2D eigenvalue weighted by Gasteiger charge is -2.23. The van der Waals surface area contributed by atoms with E-state index in [1.54, 1.807) is 0 Å². The van der Waals surface area contributed by atoms with E-state index in [4.69, 9.17) is 9.47 Å². The van der Waals surface area contributed by atoms with Crippen LogP contribution in [0.5, 0.6) is 0 Å². The molecule has 0 spiro atoms. The van der Waals surface area contributed by atoms with E-state index in [2.05, 4.69) is 47.8 Å². The average molecular weight is 449 g/mol. The van der Waals surface area contributed by atoms with E-state index in [1.807, 2.05) is 7.11 Å². The zero-order chi connectivity index (χ0) is 13.1. The molecule has 6 unspecified atom stereocenters. The summed E-state index contributed by atoms with van der Waals surface area (Å²) in [5, 5.41) is 0. The fourth-order valence-electron chi connectivity index (χ4n) is 2.87. The second-order valence-corrected chi connectivity index (χ2v) is 8.80. The predicted molar refractivity (Wildman–Crippen MR) is 85.3 cm³/mol. The van der Waals surface area contributed by atoms with Crippen molar-refractivity contribution in [3.05, 3.63) is 0 Å². The molecule has 2 saturated heterocycles. The summed E-state index contributed by atoms with van der Waals surface area (Å²) >= 11 is 11.4. The molecule has 2 aliphatic rings. The van der Waals surface area contributed by atoms with Gasteiger partial charge in [-0.25, -0.2) is 0 Å². The lowest BCUT2D eigenvalue weighted by molar-refractivity contribution is 0.0418. The summed E-state index contributed by atoms with van der Waals surface area (Å²) in [4.78, 5) is 1.37. The summed E-state index contributed by atoms with van der Waals surface area (Å²) < 4.78 is 11.8. The van der Waals surface area contributed by atoms with E-state index in [1.165, 1.54) is 12.8 Å². The molecule has 2 heterocycles. The van der Waals surface area contributed by atoms with E-state index in [9.17, 15) is 0 Å². The van der Waals surface area contributed by atoms with Crippen LogP contribution < -0.4 is 0 Å². The molecule has 0 aromatic rings. The van der Waals surface area contributed by atoms with Gasteiger partial charge in [-0.2, -0.15) is 0 Å². The third-order valence-corrected chi connectivity index (χ3v) is 7.19. The molecule has 0 radical (unpaired) electrons. The fraction of sp³-hybridized carbons (Fsp3) is 1.00. The minimum atomic E-state index is 0.307. The van der Waals surface area contributed by atoms with Gasteiger partial charge in [0.15, 0.2) is 0 Å². The van der Waals surface area contributed by atoms with Crippen LogP contribution in [0.15, 0.2) is 0 Å². The highest BCUT2D eigenvalue weighted by Gasteiger charge is 2.35. The van der Waals surface area contributed by atoms with Crippen LogP contribution in [0.4, 0.5) is 0 Å². The Kier molecular flexibility index (Phi) is 6.46. The van der Waals surface area contributed by atoms with Gasteiger partial charge in [-0.1, -0.05) is 47.8 Å². The molecular formula is C13H21Br3O2. The third kappa shape index (κ3) is 3.94. The summed E-state index contributed by atoms with van der Waals surface area (Å²) in [5.41, 5.74) is 0. The first-order chi connectivity index (χ1) is 8.61. The second-order valence-electron chi connectivity index (χ2n) is 5.27. The zero-order valence-corrected chi connectivity index (χ0v) is 15.4. The molecule has 106 valence electrons. The predicted octanol–water partition coefficient (Wildman–Crippen LogP) is 4.41. The number of rotatable bonds is 1. The van der Waals surface area contributed by atoms with Gasteiger partial charge in [0.25, 0.3) is 0 Å². The van der Waals surface area contributed by atoms with Gasteiger partial charge in [-0.3, -0.25) is 0 Å². The Bertz CT molecular complexity index is 261. The molecule has 2 nitrogen and oxygen atoms in total. The number of fused-ring (bicyclic) bond motifs is 2. The van der Waals surface area contributed by atoms with Crippen molar-refractivity contribution < 1.29 is 9.47 Å². The van der Waals surface area contributed by atoms with Crippen LogP contribution in [-0.4, -0.2) is 39.9 Å². The summed E-state index contributed by atoms with van der Waals surface area (Å²) in [6.45, 7) is 0. The molecule has 0 aromatic heterocycles.